The Balaban J connectivity index is 1.46. The molecule has 2 N–H and O–H groups in total. The quantitative estimate of drug-likeness (QED) is 0.617. The van der Waals surface area contributed by atoms with Crippen LogP contribution in [0.15, 0.2) is 18.2 Å². The van der Waals surface area contributed by atoms with Crippen LogP contribution in [0.5, 0.6) is 5.75 Å². The van der Waals surface area contributed by atoms with E-state index in [2.05, 4.69) is 32.2 Å². The molecule has 3 aliphatic rings. The van der Waals surface area contributed by atoms with Gasteiger partial charge in [0.2, 0.25) is 0 Å². The number of hydrogen-bond acceptors (Lipinski definition) is 3. The van der Waals surface area contributed by atoms with E-state index in [4.69, 9.17) is 4.74 Å². The van der Waals surface area contributed by atoms with E-state index >= 15 is 0 Å². The van der Waals surface area contributed by atoms with Crippen molar-refractivity contribution in [1.82, 2.24) is 5.32 Å². The van der Waals surface area contributed by atoms with Crippen LogP contribution in [0.4, 0.5) is 4.79 Å². The van der Waals surface area contributed by atoms with Gasteiger partial charge in [-0.15, -0.1) is 0 Å². The van der Waals surface area contributed by atoms with Crippen molar-refractivity contribution in [3.63, 3.8) is 0 Å². The topological polar surface area (TPSA) is 58.6 Å². The van der Waals surface area contributed by atoms with Gasteiger partial charge in [-0.1, -0.05) is 39.7 Å². The summed E-state index contributed by atoms with van der Waals surface area (Å²) < 4.78 is 5.98. The van der Waals surface area contributed by atoms with Gasteiger partial charge in [-0.2, -0.15) is 0 Å². The second-order valence-corrected chi connectivity index (χ2v) is 10.0. The number of phenolic OH excluding ortho intramolecular Hbond substituents is 1. The molecule has 1 aromatic rings. The third-order valence-corrected chi connectivity index (χ3v) is 8.27. The van der Waals surface area contributed by atoms with Crippen LogP contribution in [0.2, 0.25) is 0 Å². The number of alkyl carbamates (subject to hydrolysis) is 1. The van der Waals surface area contributed by atoms with Crippen LogP contribution < -0.4 is 5.32 Å². The number of nitrogens with one attached hydrogen (secondary N) is 1. The van der Waals surface area contributed by atoms with E-state index in [-0.39, 0.29) is 17.6 Å². The lowest BCUT2D eigenvalue weighted by atomic mass is 9.53. The lowest BCUT2D eigenvalue weighted by Crippen LogP contribution is -2.48. The maximum absolute atomic E-state index is 12.4. The molecule has 2 saturated carbocycles. The van der Waals surface area contributed by atoms with E-state index in [9.17, 15) is 9.90 Å². The first-order valence-corrected chi connectivity index (χ1v) is 11.7. The molecule has 1 aromatic carbocycles. The zero-order valence-electron chi connectivity index (χ0n) is 18.2. The van der Waals surface area contributed by atoms with Crippen LogP contribution in [0.3, 0.4) is 0 Å². The summed E-state index contributed by atoms with van der Waals surface area (Å²) in [7, 11) is 0. The predicted octanol–water partition coefficient (Wildman–Crippen LogP) is 5.78. The first kappa shape index (κ1) is 20.6. The molecule has 0 aromatic heterocycles. The molecular formula is C25H37NO3. The number of amides is 1. The second-order valence-electron chi connectivity index (χ2n) is 10.0. The van der Waals surface area contributed by atoms with Gasteiger partial charge in [0.15, 0.2) is 0 Å². The first-order chi connectivity index (χ1) is 13.9. The number of carbonyl (C=O) groups is 1. The van der Waals surface area contributed by atoms with Gasteiger partial charge in [0.25, 0.3) is 0 Å². The largest absolute Gasteiger partial charge is 0.508 e. The fourth-order valence-electron chi connectivity index (χ4n) is 6.85. The van der Waals surface area contributed by atoms with Gasteiger partial charge in [0.1, 0.15) is 11.9 Å². The molecule has 4 rings (SSSR count). The Labute approximate surface area is 175 Å². The number of fused-ring (bicyclic) bond motifs is 5. The zero-order valence-corrected chi connectivity index (χ0v) is 18.2. The molecule has 4 nitrogen and oxygen atoms in total. The monoisotopic (exact) mass is 399 g/mol. The molecule has 3 aliphatic carbocycles. The fraction of sp³-hybridized carbons (Fsp3) is 0.720. The van der Waals surface area contributed by atoms with Gasteiger partial charge < -0.3 is 15.2 Å². The van der Waals surface area contributed by atoms with Crippen molar-refractivity contribution in [1.29, 1.82) is 0 Å². The maximum Gasteiger partial charge on any atom is 0.407 e. The van der Waals surface area contributed by atoms with Crippen molar-refractivity contribution < 1.29 is 14.6 Å². The summed E-state index contributed by atoms with van der Waals surface area (Å²) in [4.78, 5) is 12.4. The molecule has 0 spiro atoms. The van der Waals surface area contributed by atoms with Crippen molar-refractivity contribution in [2.75, 3.05) is 6.54 Å². The maximum atomic E-state index is 12.4. The zero-order chi connectivity index (χ0) is 20.6. The summed E-state index contributed by atoms with van der Waals surface area (Å²) in [6, 6.07) is 5.98. The van der Waals surface area contributed by atoms with Crippen LogP contribution in [-0.4, -0.2) is 23.8 Å². The summed E-state index contributed by atoms with van der Waals surface area (Å²) in [5.74, 6) is 2.81. The smallest absolute Gasteiger partial charge is 0.407 e. The molecule has 2 fully saturated rings. The fourth-order valence-corrected chi connectivity index (χ4v) is 6.85. The standard InChI is InChI=1S/C25H37NO3/c1-4-5-6-13-26-24(28)29-22-10-9-21-23-16(2)14-17-15-18(27)7-8-19(17)20(23)11-12-25(21,22)3/h7-8,15-16,20-23,27H,4-6,9-14H2,1-3H3,(H,26,28). The van der Waals surface area contributed by atoms with Crippen LogP contribution >= 0.6 is 0 Å². The summed E-state index contributed by atoms with van der Waals surface area (Å²) in [6.07, 6.45) is 8.57. The van der Waals surface area contributed by atoms with E-state index in [1.807, 2.05) is 12.1 Å². The van der Waals surface area contributed by atoms with Crippen molar-refractivity contribution in [2.45, 2.75) is 84.2 Å². The van der Waals surface area contributed by atoms with Crippen molar-refractivity contribution in [3.05, 3.63) is 29.3 Å². The van der Waals surface area contributed by atoms with Gasteiger partial charge in [-0.05, 0) is 85.5 Å². The highest BCUT2D eigenvalue weighted by Crippen LogP contribution is 2.62. The summed E-state index contributed by atoms with van der Waals surface area (Å²) in [6.45, 7) is 7.63. The Bertz CT molecular complexity index is 748. The van der Waals surface area contributed by atoms with E-state index in [0.717, 1.165) is 51.4 Å². The van der Waals surface area contributed by atoms with Gasteiger partial charge >= 0.3 is 6.09 Å². The minimum absolute atomic E-state index is 0.0352. The highest BCUT2D eigenvalue weighted by atomic mass is 16.6. The third-order valence-electron chi connectivity index (χ3n) is 8.27. The average molecular weight is 400 g/mol. The molecule has 0 saturated heterocycles. The summed E-state index contributed by atoms with van der Waals surface area (Å²) in [5, 5.41) is 12.9. The van der Waals surface area contributed by atoms with Crippen molar-refractivity contribution >= 4 is 6.09 Å². The normalized spacial score (nSPS) is 35.3. The Kier molecular flexibility index (Phi) is 5.81. The minimum Gasteiger partial charge on any atom is -0.508 e. The molecule has 0 bridgehead atoms. The van der Waals surface area contributed by atoms with Gasteiger partial charge in [0, 0.05) is 12.0 Å². The van der Waals surface area contributed by atoms with Crippen LogP contribution in [0.1, 0.15) is 82.8 Å². The van der Waals surface area contributed by atoms with Gasteiger partial charge in [-0.3, -0.25) is 0 Å². The molecule has 0 radical (unpaired) electrons. The number of carbonyl (C=O) groups excluding carboxylic acids is 1. The molecule has 1 amide bonds. The third kappa shape index (κ3) is 3.75. The molecule has 0 heterocycles. The number of unbranched alkanes of at least 4 members (excludes halogenated alkanes) is 2. The van der Waals surface area contributed by atoms with Crippen molar-refractivity contribution in [2.24, 2.45) is 23.2 Å². The lowest BCUT2D eigenvalue weighted by molar-refractivity contribution is -0.0423. The molecule has 6 unspecified atom stereocenters. The number of benzene rings is 1. The average Bonchev–Trinajstić information content (AvgIpc) is 3.01. The molecule has 0 aliphatic heterocycles. The highest BCUT2D eigenvalue weighted by molar-refractivity contribution is 5.67. The number of rotatable bonds is 5. The van der Waals surface area contributed by atoms with Crippen LogP contribution in [-0.2, 0) is 11.2 Å². The minimum atomic E-state index is -0.229. The van der Waals surface area contributed by atoms with Gasteiger partial charge in [0.05, 0.1) is 0 Å². The Hall–Kier alpha value is -1.71. The van der Waals surface area contributed by atoms with E-state index < -0.39 is 0 Å². The van der Waals surface area contributed by atoms with Crippen LogP contribution in [0, 0.1) is 23.2 Å². The summed E-state index contributed by atoms with van der Waals surface area (Å²) in [5.41, 5.74) is 2.87. The Morgan fingerprint density at radius 1 is 1.28 bits per heavy atom. The number of phenols is 1. The molecule has 6 atom stereocenters. The van der Waals surface area contributed by atoms with E-state index in [0.29, 0.717) is 36.0 Å². The molecule has 4 heteroatoms. The predicted molar refractivity (Wildman–Crippen MR) is 115 cm³/mol. The Morgan fingerprint density at radius 2 is 2.10 bits per heavy atom. The van der Waals surface area contributed by atoms with E-state index in [1.165, 1.54) is 11.1 Å². The summed E-state index contributed by atoms with van der Waals surface area (Å²) >= 11 is 0. The number of ether oxygens (including phenoxy) is 1. The van der Waals surface area contributed by atoms with E-state index in [1.54, 1.807) is 0 Å². The Morgan fingerprint density at radius 3 is 2.90 bits per heavy atom. The lowest BCUT2D eigenvalue weighted by Gasteiger charge is -2.52. The SMILES string of the molecule is CCCCCNC(=O)OC1CCC2C3C(C)Cc4cc(O)ccc4C3CCC12C. The van der Waals surface area contributed by atoms with Crippen LogP contribution in [0.25, 0.3) is 0 Å². The van der Waals surface area contributed by atoms with Gasteiger partial charge in [-0.25, -0.2) is 4.79 Å². The number of hydrogen-bond donors (Lipinski definition) is 2. The van der Waals surface area contributed by atoms with Crippen molar-refractivity contribution in [3.8, 4) is 5.75 Å². The first-order valence-electron chi connectivity index (χ1n) is 11.7. The molecule has 160 valence electrons. The highest BCUT2D eigenvalue weighted by Gasteiger charge is 2.57. The second kappa shape index (κ2) is 8.20. The number of aromatic hydroxyl groups is 1. The molecular weight excluding hydrogens is 362 g/mol. The molecule has 29 heavy (non-hydrogen) atoms.